The van der Waals surface area contributed by atoms with Crippen LogP contribution in [-0.4, -0.2) is 21.8 Å². The van der Waals surface area contributed by atoms with Crippen LogP contribution in [0.4, 0.5) is 10.3 Å². The minimum Gasteiger partial charge on any atom is -0.467 e. The maximum absolute atomic E-state index is 12.7. The van der Waals surface area contributed by atoms with Gasteiger partial charge in [0.15, 0.2) is 10.3 Å². The summed E-state index contributed by atoms with van der Waals surface area (Å²) < 4.78 is 6.33. The number of carbonyl (C=O) groups is 2. The Bertz CT molecular complexity index is 1110. The van der Waals surface area contributed by atoms with Crippen LogP contribution in [0, 0.1) is 6.92 Å². The lowest BCUT2D eigenvalue weighted by atomic mass is 10.3. The van der Waals surface area contributed by atoms with Crippen LogP contribution in [0.5, 0.6) is 0 Å². The van der Waals surface area contributed by atoms with Crippen LogP contribution >= 0.6 is 22.7 Å². The highest BCUT2D eigenvalue weighted by Crippen LogP contribution is 2.30. The summed E-state index contributed by atoms with van der Waals surface area (Å²) >= 11 is 2.58. The number of amides is 2. The van der Waals surface area contributed by atoms with Crippen molar-refractivity contribution in [3.05, 3.63) is 59.0 Å². The van der Waals surface area contributed by atoms with Crippen molar-refractivity contribution in [1.82, 2.24) is 9.97 Å². The van der Waals surface area contributed by atoms with Gasteiger partial charge in [-0.1, -0.05) is 34.8 Å². The molecule has 2 amide bonds. The Labute approximate surface area is 168 Å². The van der Waals surface area contributed by atoms with Gasteiger partial charge in [-0.05, 0) is 31.2 Å². The minimum absolute atomic E-state index is 0.178. The molecule has 3 aromatic heterocycles. The molecule has 4 aromatic rings. The lowest BCUT2D eigenvalue weighted by Crippen LogP contribution is -2.27. The molecule has 3 heterocycles. The summed E-state index contributed by atoms with van der Waals surface area (Å²) in [6, 6.07) is 11.2. The van der Waals surface area contributed by atoms with E-state index in [0.29, 0.717) is 26.6 Å². The number of benzene rings is 1. The zero-order chi connectivity index (χ0) is 19.7. The van der Waals surface area contributed by atoms with Crippen LogP contribution in [0.2, 0.25) is 0 Å². The van der Waals surface area contributed by atoms with Gasteiger partial charge >= 0.3 is 0 Å². The predicted octanol–water partition coefficient (Wildman–Crippen LogP) is 4.46. The molecule has 4 rings (SSSR count). The first kappa shape index (κ1) is 18.3. The van der Waals surface area contributed by atoms with E-state index < -0.39 is 0 Å². The summed E-state index contributed by atoms with van der Waals surface area (Å²) in [4.78, 5) is 35.6. The van der Waals surface area contributed by atoms with E-state index in [1.165, 1.54) is 34.5 Å². The SMILES string of the molecule is CC(=O)N(Cc1ccco1)c1nc(C)c(C(=O)Nc2nc3ccccc3s2)s1. The molecule has 0 saturated carbocycles. The molecule has 142 valence electrons. The van der Waals surface area contributed by atoms with Gasteiger partial charge in [0.2, 0.25) is 5.91 Å². The third-order valence-corrected chi connectivity index (χ3v) is 6.14. The van der Waals surface area contributed by atoms with Crippen LogP contribution in [0.15, 0.2) is 47.1 Å². The van der Waals surface area contributed by atoms with Crippen LogP contribution < -0.4 is 10.2 Å². The highest BCUT2D eigenvalue weighted by molar-refractivity contribution is 7.22. The second kappa shape index (κ2) is 7.53. The van der Waals surface area contributed by atoms with Crippen molar-refractivity contribution in [2.45, 2.75) is 20.4 Å². The van der Waals surface area contributed by atoms with Gasteiger partial charge in [-0.3, -0.25) is 19.8 Å². The fourth-order valence-electron chi connectivity index (χ4n) is 2.66. The first-order valence-corrected chi connectivity index (χ1v) is 10.1. The van der Waals surface area contributed by atoms with E-state index in [1.807, 2.05) is 24.3 Å². The molecule has 9 heteroatoms. The molecule has 0 saturated heterocycles. The smallest absolute Gasteiger partial charge is 0.269 e. The molecule has 0 atom stereocenters. The van der Waals surface area contributed by atoms with E-state index in [9.17, 15) is 9.59 Å². The third-order valence-electron chi connectivity index (χ3n) is 4.01. The molecule has 28 heavy (non-hydrogen) atoms. The van der Waals surface area contributed by atoms with E-state index in [-0.39, 0.29) is 18.4 Å². The van der Waals surface area contributed by atoms with Crippen LogP contribution in [0.3, 0.4) is 0 Å². The Hall–Kier alpha value is -3.04. The topological polar surface area (TPSA) is 88.3 Å². The Morgan fingerprint density at radius 3 is 2.68 bits per heavy atom. The zero-order valence-corrected chi connectivity index (χ0v) is 16.8. The minimum atomic E-state index is -0.290. The summed E-state index contributed by atoms with van der Waals surface area (Å²) in [6.45, 7) is 3.47. The second-order valence-electron chi connectivity index (χ2n) is 6.04. The van der Waals surface area contributed by atoms with Crippen molar-refractivity contribution in [2.24, 2.45) is 0 Å². The van der Waals surface area contributed by atoms with Gasteiger partial charge in [0, 0.05) is 6.92 Å². The van der Waals surface area contributed by atoms with E-state index in [4.69, 9.17) is 4.42 Å². The van der Waals surface area contributed by atoms with Gasteiger partial charge in [0.1, 0.15) is 10.6 Å². The molecule has 0 fully saturated rings. The quantitative estimate of drug-likeness (QED) is 0.523. The molecule has 1 aromatic carbocycles. The molecule has 0 unspecified atom stereocenters. The maximum Gasteiger partial charge on any atom is 0.269 e. The number of hydrogen-bond acceptors (Lipinski definition) is 7. The third kappa shape index (κ3) is 3.67. The molecule has 7 nitrogen and oxygen atoms in total. The monoisotopic (exact) mass is 412 g/mol. The molecule has 0 radical (unpaired) electrons. The number of anilines is 2. The second-order valence-corrected chi connectivity index (χ2v) is 8.04. The summed E-state index contributed by atoms with van der Waals surface area (Å²) in [5.74, 6) is 0.175. The van der Waals surface area contributed by atoms with Crippen molar-refractivity contribution in [1.29, 1.82) is 0 Å². The summed E-state index contributed by atoms with van der Waals surface area (Å²) in [7, 11) is 0. The van der Waals surface area contributed by atoms with Crippen molar-refractivity contribution >= 4 is 55.0 Å². The summed E-state index contributed by atoms with van der Waals surface area (Å²) in [5.41, 5.74) is 1.40. The normalized spacial score (nSPS) is 10.9. The largest absolute Gasteiger partial charge is 0.467 e. The molecule has 0 aliphatic rings. The lowest BCUT2D eigenvalue weighted by Gasteiger charge is -2.16. The standard InChI is InChI=1S/C19H16N4O3S2/c1-11-16(17(25)22-18-21-14-7-3-4-8-15(14)27-18)28-19(20-11)23(12(2)24)10-13-6-5-9-26-13/h3-9H,10H2,1-2H3,(H,21,22,25). The number of aromatic nitrogens is 2. The van der Waals surface area contributed by atoms with Crippen molar-refractivity contribution < 1.29 is 14.0 Å². The fourth-order valence-corrected chi connectivity index (χ4v) is 4.53. The lowest BCUT2D eigenvalue weighted by molar-refractivity contribution is -0.116. The zero-order valence-electron chi connectivity index (χ0n) is 15.1. The molecular formula is C19H16N4O3S2. The van der Waals surface area contributed by atoms with Crippen LogP contribution in [0.25, 0.3) is 10.2 Å². The predicted molar refractivity (Wildman–Crippen MR) is 110 cm³/mol. The van der Waals surface area contributed by atoms with E-state index in [2.05, 4.69) is 15.3 Å². The molecule has 0 spiro atoms. The van der Waals surface area contributed by atoms with E-state index >= 15 is 0 Å². The van der Waals surface area contributed by atoms with Crippen LogP contribution in [0.1, 0.15) is 28.0 Å². The van der Waals surface area contributed by atoms with Crippen LogP contribution in [-0.2, 0) is 11.3 Å². The van der Waals surface area contributed by atoms with Gasteiger partial charge < -0.3 is 4.42 Å². The Morgan fingerprint density at radius 2 is 1.96 bits per heavy atom. The number of aryl methyl sites for hydroxylation is 1. The number of carbonyl (C=O) groups excluding carboxylic acids is 2. The number of hydrogen-bond donors (Lipinski definition) is 1. The highest BCUT2D eigenvalue weighted by Gasteiger charge is 2.23. The summed E-state index contributed by atoms with van der Waals surface area (Å²) in [6.07, 6.45) is 1.55. The molecule has 0 aliphatic heterocycles. The number of thiazole rings is 2. The molecule has 1 N–H and O–H groups in total. The van der Waals surface area contributed by atoms with Gasteiger partial charge in [-0.25, -0.2) is 9.97 Å². The number of nitrogens with zero attached hydrogens (tertiary/aromatic N) is 3. The molecular weight excluding hydrogens is 396 g/mol. The van der Waals surface area contributed by atoms with Crippen molar-refractivity contribution in [3.63, 3.8) is 0 Å². The fraction of sp³-hybridized carbons (Fsp3) is 0.158. The molecule has 0 bridgehead atoms. The number of furan rings is 1. The molecule has 0 aliphatic carbocycles. The highest BCUT2D eigenvalue weighted by atomic mass is 32.1. The number of rotatable bonds is 5. The Morgan fingerprint density at radius 1 is 1.14 bits per heavy atom. The van der Waals surface area contributed by atoms with Gasteiger partial charge in [-0.15, -0.1) is 0 Å². The van der Waals surface area contributed by atoms with Crippen molar-refractivity contribution in [2.75, 3.05) is 10.2 Å². The van der Waals surface area contributed by atoms with Gasteiger partial charge in [0.25, 0.3) is 5.91 Å². The number of fused-ring (bicyclic) bond motifs is 1. The van der Waals surface area contributed by atoms with Gasteiger partial charge in [0.05, 0.1) is 28.7 Å². The number of para-hydroxylation sites is 1. The van der Waals surface area contributed by atoms with Crippen molar-refractivity contribution in [3.8, 4) is 0 Å². The van der Waals surface area contributed by atoms with E-state index in [0.717, 1.165) is 10.2 Å². The average molecular weight is 412 g/mol. The van der Waals surface area contributed by atoms with E-state index in [1.54, 1.807) is 25.3 Å². The first-order chi connectivity index (χ1) is 13.5. The average Bonchev–Trinajstić information content (AvgIpc) is 3.38. The summed E-state index contributed by atoms with van der Waals surface area (Å²) in [5, 5.41) is 3.81. The number of nitrogens with one attached hydrogen (secondary N) is 1. The Balaban J connectivity index is 1.57. The first-order valence-electron chi connectivity index (χ1n) is 8.46. The maximum atomic E-state index is 12.7. The Kier molecular flexibility index (Phi) is 4.93. The van der Waals surface area contributed by atoms with Gasteiger partial charge in [-0.2, -0.15) is 0 Å².